The highest BCUT2D eigenvalue weighted by molar-refractivity contribution is 7.89. The van der Waals surface area contributed by atoms with Crippen molar-refractivity contribution in [3.8, 4) is 0 Å². The van der Waals surface area contributed by atoms with Gasteiger partial charge in [0.2, 0.25) is 10.0 Å². The Hall–Kier alpha value is -0.980. The Bertz CT molecular complexity index is 517. The van der Waals surface area contributed by atoms with Crippen molar-refractivity contribution in [2.45, 2.75) is 31.6 Å². The van der Waals surface area contributed by atoms with Crippen molar-refractivity contribution >= 4 is 10.0 Å². The molecule has 0 bridgehead atoms. The van der Waals surface area contributed by atoms with Crippen molar-refractivity contribution in [1.82, 2.24) is 4.72 Å². The molecule has 19 heavy (non-hydrogen) atoms. The summed E-state index contributed by atoms with van der Waals surface area (Å²) in [6, 6.07) is 3.98. The maximum absolute atomic E-state index is 13.6. The van der Waals surface area contributed by atoms with Gasteiger partial charge < -0.3 is 5.11 Å². The van der Waals surface area contributed by atoms with Crippen LogP contribution in [0, 0.1) is 18.7 Å². The lowest BCUT2D eigenvalue weighted by Gasteiger charge is -2.15. The maximum Gasteiger partial charge on any atom is 0.243 e. The fraction of sp³-hybridized carbons (Fsp3) is 0.538. The standard InChI is InChI=1S/C13H20FNO3S/c1-3-11(6-7-16)9-15-19(17,18)13-8-10(2)4-5-12(13)14/h4-5,8,11,15-16H,3,6-7,9H2,1-2H3. The average Bonchev–Trinajstić information content (AvgIpc) is 2.37. The van der Waals surface area contributed by atoms with Gasteiger partial charge in [-0.25, -0.2) is 17.5 Å². The minimum Gasteiger partial charge on any atom is -0.396 e. The van der Waals surface area contributed by atoms with Gasteiger partial charge >= 0.3 is 0 Å². The average molecular weight is 289 g/mol. The molecule has 1 atom stereocenters. The van der Waals surface area contributed by atoms with Crippen LogP contribution in [0.25, 0.3) is 0 Å². The summed E-state index contributed by atoms with van der Waals surface area (Å²) < 4.78 is 40.0. The molecule has 1 unspecified atom stereocenters. The number of aliphatic hydroxyl groups excluding tert-OH is 1. The molecular weight excluding hydrogens is 269 g/mol. The molecule has 0 aliphatic heterocycles. The predicted octanol–water partition coefficient (Wildman–Crippen LogP) is 1.82. The lowest BCUT2D eigenvalue weighted by atomic mass is 10.0. The third-order valence-corrected chi connectivity index (χ3v) is 4.49. The number of aliphatic hydroxyl groups is 1. The van der Waals surface area contributed by atoms with E-state index in [2.05, 4.69) is 4.72 Å². The Morgan fingerprint density at radius 2 is 2.11 bits per heavy atom. The lowest BCUT2D eigenvalue weighted by molar-refractivity contribution is 0.254. The molecule has 108 valence electrons. The van der Waals surface area contributed by atoms with Crippen LogP contribution in [0.15, 0.2) is 23.1 Å². The van der Waals surface area contributed by atoms with E-state index in [0.29, 0.717) is 12.0 Å². The fourth-order valence-corrected chi connectivity index (χ4v) is 3.03. The summed E-state index contributed by atoms with van der Waals surface area (Å²) in [5, 5.41) is 8.86. The smallest absolute Gasteiger partial charge is 0.243 e. The van der Waals surface area contributed by atoms with Crippen molar-refractivity contribution in [3.05, 3.63) is 29.6 Å². The molecule has 0 heterocycles. The molecule has 0 spiro atoms. The number of sulfonamides is 1. The minimum atomic E-state index is -3.84. The molecule has 0 radical (unpaired) electrons. The van der Waals surface area contributed by atoms with Crippen LogP contribution in [0.5, 0.6) is 0 Å². The van der Waals surface area contributed by atoms with E-state index in [1.165, 1.54) is 12.1 Å². The zero-order chi connectivity index (χ0) is 14.5. The molecular formula is C13H20FNO3S. The Kier molecular flexibility index (Phi) is 5.90. The number of rotatable bonds is 7. The molecule has 0 aliphatic rings. The Morgan fingerprint density at radius 3 is 2.68 bits per heavy atom. The van der Waals surface area contributed by atoms with Crippen LogP contribution in [-0.2, 0) is 10.0 Å². The SMILES string of the molecule is CCC(CCO)CNS(=O)(=O)c1cc(C)ccc1F. The second-order valence-electron chi connectivity index (χ2n) is 4.57. The second-order valence-corrected chi connectivity index (χ2v) is 6.31. The topological polar surface area (TPSA) is 66.4 Å². The summed E-state index contributed by atoms with van der Waals surface area (Å²) in [6.45, 7) is 3.84. The van der Waals surface area contributed by atoms with Gasteiger partial charge in [0.15, 0.2) is 0 Å². The summed E-state index contributed by atoms with van der Waals surface area (Å²) in [6.07, 6.45) is 1.27. The molecule has 4 nitrogen and oxygen atoms in total. The zero-order valence-corrected chi connectivity index (χ0v) is 12.0. The molecule has 0 saturated heterocycles. The van der Waals surface area contributed by atoms with Gasteiger partial charge in [0, 0.05) is 13.2 Å². The van der Waals surface area contributed by atoms with E-state index in [1.54, 1.807) is 6.92 Å². The van der Waals surface area contributed by atoms with E-state index < -0.39 is 15.8 Å². The molecule has 0 fully saturated rings. The van der Waals surface area contributed by atoms with Gasteiger partial charge in [-0.3, -0.25) is 0 Å². The van der Waals surface area contributed by atoms with Crippen molar-refractivity contribution < 1.29 is 17.9 Å². The van der Waals surface area contributed by atoms with Crippen LogP contribution < -0.4 is 4.72 Å². The first-order valence-corrected chi connectivity index (χ1v) is 7.75. The number of aryl methyl sites for hydroxylation is 1. The summed E-state index contributed by atoms with van der Waals surface area (Å²) in [7, 11) is -3.84. The molecule has 2 N–H and O–H groups in total. The molecule has 1 aromatic rings. The van der Waals surface area contributed by atoms with E-state index in [4.69, 9.17) is 5.11 Å². The third-order valence-electron chi connectivity index (χ3n) is 3.05. The predicted molar refractivity (Wildman–Crippen MR) is 71.8 cm³/mol. The molecule has 0 saturated carbocycles. The highest BCUT2D eigenvalue weighted by Crippen LogP contribution is 2.16. The fourth-order valence-electron chi connectivity index (χ4n) is 1.75. The van der Waals surface area contributed by atoms with E-state index in [9.17, 15) is 12.8 Å². The third kappa shape index (κ3) is 4.56. The summed E-state index contributed by atoms with van der Waals surface area (Å²) in [5.41, 5.74) is 0.684. The van der Waals surface area contributed by atoms with Crippen LogP contribution in [0.3, 0.4) is 0 Å². The molecule has 0 aromatic heterocycles. The number of benzene rings is 1. The molecule has 0 amide bonds. The Balaban J connectivity index is 2.83. The summed E-state index contributed by atoms with van der Waals surface area (Å²) in [4.78, 5) is -0.327. The van der Waals surface area contributed by atoms with Crippen LogP contribution >= 0.6 is 0 Å². The van der Waals surface area contributed by atoms with Crippen molar-refractivity contribution in [2.24, 2.45) is 5.92 Å². The van der Waals surface area contributed by atoms with Gasteiger partial charge in [-0.15, -0.1) is 0 Å². The highest BCUT2D eigenvalue weighted by atomic mass is 32.2. The van der Waals surface area contributed by atoms with E-state index in [-0.39, 0.29) is 24.0 Å². The van der Waals surface area contributed by atoms with Crippen molar-refractivity contribution in [3.63, 3.8) is 0 Å². The number of hydrogen-bond acceptors (Lipinski definition) is 3. The highest BCUT2D eigenvalue weighted by Gasteiger charge is 2.20. The van der Waals surface area contributed by atoms with Gasteiger partial charge in [0.1, 0.15) is 10.7 Å². The number of nitrogens with one attached hydrogen (secondary N) is 1. The first-order valence-electron chi connectivity index (χ1n) is 6.27. The monoisotopic (exact) mass is 289 g/mol. The first kappa shape index (κ1) is 16.1. The van der Waals surface area contributed by atoms with Crippen LogP contribution in [0.2, 0.25) is 0 Å². The Morgan fingerprint density at radius 1 is 1.42 bits per heavy atom. The maximum atomic E-state index is 13.6. The van der Waals surface area contributed by atoms with Gasteiger partial charge in [0.25, 0.3) is 0 Å². The largest absolute Gasteiger partial charge is 0.396 e. The van der Waals surface area contributed by atoms with Gasteiger partial charge in [-0.2, -0.15) is 0 Å². The lowest BCUT2D eigenvalue weighted by Crippen LogP contribution is -2.30. The summed E-state index contributed by atoms with van der Waals surface area (Å²) in [5.74, 6) is -0.707. The molecule has 1 rings (SSSR count). The van der Waals surface area contributed by atoms with Gasteiger partial charge in [0.05, 0.1) is 0 Å². The van der Waals surface area contributed by atoms with Crippen molar-refractivity contribution in [2.75, 3.05) is 13.2 Å². The zero-order valence-electron chi connectivity index (χ0n) is 11.2. The van der Waals surface area contributed by atoms with Crippen LogP contribution in [-0.4, -0.2) is 26.7 Å². The van der Waals surface area contributed by atoms with E-state index in [1.807, 2.05) is 6.92 Å². The van der Waals surface area contributed by atoms with E-state index in [0.717, 1.165) is 12.5 Å². The summed E-state index contributed by atoms with van der Waals surface area (Å²) >= 11 is 0. The normalized spacial score (nSPS) is 13.5. The molecule has 1 aromatic carbocycles. The van der Waals surface area contributed by atoms with E-state index >= 15 is 0 Å². The Labute approximate surface area is 113 Å². The van der Waals surface area contributed by atoms with Crippen LogP contribution in [0.4, 0.5) is 4.39 Å². The van der Waals surface area contributed by atoms with Crippen molar-refractivity contribution in [1.29, 1.82) is 0 Å². The van der Waals surface area contributed by atoms with Crippen LogP contribution in [0.1, 0.15) is 25.3 Å². The quantitative estimate of drug-likeness (QED) is 0.804. The second kappa shape index (κ2) is 6.98. The van der Waals surface area contributed by atoms with Gasteiger partial charge in [-0.1, -0.05) is 19.4 Å². The number of hydrogen-bond donors (Lipinski definition) is 2. The minimum absolute atomic E-state index is 0.0129. The number of halogens is 1. The first-order chi connectivity index (χ1) is 8.90. The molecule has 0 aliphatic carbocycles. The molecule has 6 heteroatoms. The van der Waals surface area contributed by atoms with Gasteiger partial charge in [-0.05, 0) is 37.0 Å².